The van der Waals surface area contributed by atoms with Crippen LogP contribution in [0.5, 0.6) is 5.75 Å². The summed E-state index contributed by atoms with van der Waals surface area (Å²) in [4.78, 5) is 28.1. The van der Waals surface area contributed by atoms with Crippen LogP contribution in [0.25, 0.3) is 11.3 Å². The molecule has 0 radical (unpaired) electrons. The maximum atomic E-state index is 14.9. The Labute approximate surface area is 236 Å². The Morgan fingerprint density at radius 2 is 1.85 bits per heavy atom. The number of oxazole rings is 1. The second-order valence-electron chi connectivity index (χ2n) is 8.35. The van der Waals surface area contributed by atoms with E-state index in [1.54, 1.807) is 13.1 Å². The predicted molar refractivity (Wildman–Crippen MR) is 134 cm³/mol. The number of hydrogen-bond acceptors (Lipinski definition) is 7. The van der Waals surface area contributed by atoms with Crippen LogP contribution in [0.1, 0.15) is 33.6 Å². The molecule has 0 aliphatic carbocycles. The third-order valence-corrected chi connectivity index (χ3v) is 6.17. The monoisotopic (exact) mass is 643 g/mol. The average molecular weight is 644 g/mol. The highest BCUT2D eigenvalue weighted by molar-refractivity contribution is 9.10. The molecule has 41 heavy (non-hydrogen) atoms. The third kappa shape index (κ3) is 6.82. The predicted octanol–water partition coefficient (Wildman–Crippen LogP) is 5.28. The second-order valence-corrected chi connectivity index (χ2v) is 9.07. The zero-order chi connectivity index (χ0) is 29.9. The van der Waals surface area contributed by atoms with E-state index in [0.717, 1.165) is 36.4 Å². The number of alkyl carbamates (subject to hydrolysis) is 1. The lowest BCUT2D eigenvalue weighted by atomic mass is 10.1. The first-order valence-electron chi connectivity index (χ1n) is 11.5. The van der Waals surface area contributed by atoms with Crippen molar-refractivity contribution in [3.05, 3.63) is 87.7 Å². The number of amides is 2. The van der Waals surface area contributed by atoms with E-state index in [2.05, 4.69) is 31.3 Å². The van der Waals surface area contributed by atoms with Crippen LogP contribution in [0.3, 0.4) is 0 Å². The van der Waals surface area contributed by atoms with Crippen LogP contribution < -0.4 is 15.8 Å². The van der Waals surface area contributed by atoms with Gasteiger partial charge in [0.1, 0.15) is 23.7 Å². The van der Waals surface area contributed by atoms with Crippen LogP contribution in [-0.4, -0.2) is 33.4 Å². The molecule has 2 amide bonds. The smallest absolute Gasteiger partial charge is 0.416 e. The van der Waals surface area contributed by atoms with E-state index in [4.69, 9.17) is 19.6 Å². The molecule has 2 aromatic heterocycles. The lowest BCUT2D eigenvalue weighted by Crippen LogP contribution is -2.28. The number of aromatic nitrogens is 3. The summed E-state index contributed by atoms with van der Waals surface area (Å²) in [6, 6.07) is 7.29. The van der Waals surface area contributed by atoms with Crippen molar-refractivity contribution in [2.75, 3.05) is 6.61 Å². The van der Waals surface area contributed by atoms with Crippen molar-refractivity contribution in [2.45, 2.75) is 18.8 Å². The number of nitrogens with two attached hydrogens (primary N) is 1. The molecule has 0 spiro atoms. The number of halogens is 6. The van der Waals surface area contributed by atoms with Gasteiger partial charge < -0.3 is 24.9 Å². The highest BCUT2D eigenvalue weighted by Gasteiger charge is 2.31. The Bertz CT molecular complexity index is 1570. The summed E-state index contributed by atoms with van der Waals surface area (Å²) in [6.07, 6.45) is -5.41. The molecule has 10 nitrogen and oxygen atoms in total. The van der Waals surface area contributed by atoms with Crippen LogP contribution in [0.15, 0.2) is 57.7 Å². The summed E-state index contributed by atoms with van der Waals surface area (Å²) in [6.45, 7) is -0.572. The summed E-state index contributed by atoms with van der Waals surface area (Å²) in [5.74, 6) is -4.98. The Morgan fingerprint density at radius 1 is 1.15 bits per heavy atom. The van der Waals surface area contributed by atoms with E-state index in [-0.39, 0.29) is 28.4 Å². The van der Waals surface area contributed by atoms with Crippen molar-refractivity contribution >= 4 is 27.9 Å². The summed E-state index contributed by atoms with van der Waals surface area (Å²) < 4.78 is 85.6. The molecule has 0 bridgehead atoms. The van der Waals surface area contributed by atoms with Crippen LogP contribution in [-0.2, 0) is 24.5 Å². The molecule has 216 valence electrons. The number of primary amides is 1. The van der Waals surface area contributed by atoms with E-state index in [1.165, 1.54) is 10.9 Å². The quantitative estimate of drug-likeness (QED) is 0.237. The number of nitrogens with zero attached hydrogens (tertiary/aromatic N) is 3. The minimum Gasteiger partial charge on any atom is -0.474 e. The molecule has 0 aliphatic heterocycles. The maximum absolute atomic E-state index is 14.9. The topological polar surface area (TPSA) is 134 Å². The number of carbonyl (C=O) groups excluding carboxylic acids is 2. The molecule has 0 saturated heterocycles. The van der Waals surface area contributed by atoms with Crippen molar-refractivity contribution < 1.29 is 45.4 Å². The number of carbonyl (C=O) groups is 2. The number of rotatable bonds is 9. The number of nitrogens with one attached hydrogen (secondary N) is 1. The molecule has 3 N–H and O–H groups in total. The molecule has 0 fully saturated rings. The van der Waals surface area contributed by atoms with Crippen LogP contribution in [0.2, 0.25) is 0 Å². The van der Waals surface area contributed by atoms with Crippen molar-refractivity contribution in [1.29, 1.82) is 0 Å². The summed E-state index contributed by atoms with van der Waals surface area (Å²) in [5, 5.41) is 6.45. The fourth-order valence-corrected chi connectivity index (χ4v) is 4.03. The van der Waals surface area contributed by atoms with Gasteiger partial charge >= 0.3 is 12.3 Å². The lowest BCUT2D eigenvalue weighted by Gasteiger charge is -2.18. The molecule has 0 saturated carbocycles. The molecule has 16 heteroatoms. The Morgan fingerprint density at radius 3 is 2.46 bits per heavy atom. The summed E-state index contributed by atoms with van der Waals surface area (Å²) >= 11 is 3.13. The zero-order valence-corrected chi connectivity index (χ0v) is 22.4. The Kier molecular flexibility index (Phi) is 8.60. The van der Waals surface area contributed by atoms with E-state index in [9.17, 15) is 31.5 Å². The molecule has 1 unspecified atom stereocenters. The number of hydrogen-bond donors (Lipinski definition) is 2. The fraction of sp³-hybridized carbons (Fsp3) is 0.200. The van der Waals surface area contributed by atoms with Crippen molar-refractivity contribution in [1.82, 2.24) is 20.1 Å². The third-order valence-electron chi connectivity index (χ3n) is 5.64. The average Bonchev–Trinajstić information content (AvgIpc) is 3.50. The molecule has 1 atom stereocenters. The first kappa shape index (κ1) is 29.5. The van der Waals surface area contributed by atoms with E-state index in [0.29, 0.717) is 5.69 Å². The van der Waals surface area contributed by atoms with Gasteiger partial charge in [-0.25, -0.2) is 18.6 Å². The van der Waals surface area contributed by atoms with Gasteiger partial charge in [0.25, 0.3) is 5.91 Å². The first-order chi connectivity index (χ1) is 19.3. The van der Waals surface area contributed by atoms with Crippen LogP contribution >= 0.6 is 15.9 Å². The van der Waals surface area contributed by atoms with Gasteiger partial charge in [-0.1, -0.05) is 12.1 Å². The first-order valence-corrected chi connectivity index (χ1v) is 12.3. The van der Waals surface area contributed by atoms with E-state index >= 15 is 0 Å². The zero-order valence-electron chi connectivity index (χ0n) is 20.8. The van der Waals surface area contributed by atoms with Crippen molar-refractivity contribution in [3.63, 3.8) is 0 Å². The highest BCUT2D eigenvalue weighted by atomic mass is 79.9. The Hall–Kier alpha value is -4.47. The summed E-state index contributed by atoms with van der Waals surface area (Å²) in [7, 11) is 1.67. The van der Waals surface area contributed by atoms with Gasteiger partial charge in [-0.3, -0.25) is 9.48 Å². The number of benzene rings is 2. The standard InChI is InChI=1S/C25H19BrF5N5O5/c1-36-14(8-9-34-36)10-33-24(38)39-11-17(40-16-7-6-15(27)18(19(16)28)22(32)37)23-35-20(21(26)41-23)12-2-4-13(5-3-12)25(29,30)31/h2-9,17H,10-11H2,1H3,(H2,32,37)(H,33,38). The van der Waals surface area contributed by atoms with Gasteiger partial charge in [-0.2, -0.15) is 18.3 Å². The normalized spacial score (nSPS) is 12.2. The van der Waals surface area contributed by atoms with Gasteiger partial charge in [0.05, 0.1) is 17.8 Å². The molecule has 4 aromatic rings. The van der Waals surface area contributed by atoms with Crippen LogP contribution in [0, 0.1) is 11.6 Å². The van der Waals surface area contributed by atoms with Gasteiger partial charge in [-0.05, 0) is 46.3 Å². The van der Waals surface area contributed by atoms with Crippen LogP contribution in [0.4, 0.5) is 26.7 Å². The largest absolute Gasteiger partial charge is 0.474 e. The lowest BCUT2D eigenvalue weighted by molar-refractivity contribution is -0.137. The molecular weight excluding hydrogens is 625 g/mol. The second kappa shape index (κ2) is 12.0. The van der Waals surface area contributed by atoms with Crippen molar-refractivity contribution in [3.8, 4) is 17.0 Å². The van der Waals surface area contributed by atoms with E-state index < -0.39 is 59.4 Å². The SMILES string of the molecule is Cn1nccc1CNC(=O)OCC(Oc1ccc(F)c(C(N)=O)c1F)c1nc(-c2ccc(C(F)(F)F)cc2)c(Br)o1. The Balaban J connectivity index is 1.61. The summed E-state index contributed by atoms with van der Waals surface area (Å²) in [5.41, 5.74) is 4.05. The fourth-order valence-electron chi connectivity index (χ4n) is 3.55. The molecule has 0 aliphatic rings. The molecule has 2 aromatic carbocycles. The minimum atomic E-state index is -4.55. The van der Waals surface area contributed by atoms with Gasteiger partial charge in [0.15, 0.2) is 16.2 Å². The van der Waals surface area contributed by atoms with E-state index in [1.807, 2.05) is 0 Å². The highest BCUT2D eigenvalue weighted by Crippen LogP contribution is 2.36. The molecular formula is C25H19BrF5N5O5. The molecule has 4 rings (SSSR count). The van der Waals surface area contributed by atoms with Gasteiger partial charge in [0, 0.05) is 18.8 Å². The van der Waals surface area contributed by atoms with Gasteiger partial charge in [0.2, 0.25) is 12.0 Å². The number of alkyl halides is 3. The number of aryl methyl sites for hydroxylation is 1. The molecule has 2 heterocycles. The maximum Gasteiger partial charge on any atom is 0.416 e. The number of ether oxygens (including phenoxy) is 2. The van der Waals surface area contributed by atoms with Crippen molar-refractivity contribution in [2.24, 2.45) is 12.8 Å². The van der Waals surface area contributed by atoms with Gasteiger partial charge in [-0.15, -0.1) is 0 Å². The minimum absolute atomic E-state index is 0.0288.